The molecule has 238 valence electrons. The number of hydrogen-bond donors (Lipinski definition) is 0. The lowest BCUT2D eigenvalue weighted by molar-refractivity contribution is -0.0592. The summed E-state index contributed by atoms with van der Waals surface area (Å²) < 4.78 is 55.9. The van der Waals surface area contributed by atoms with Crippen LogP contribution >= 0.6 is 0 Å². The molecule has 0 unspecified atom stereocenters. The van der Waals surface area contributed by atoms with E-state index in [4.69, 9.17) is 24.2 Å². The topological polar surface area (TPSA) is 98.8 Å². The Hall–Kier alpha value is -4.53. The van der Waals surface area contributed by atoms with Crippen LogP contribution in [0.25, 0.3) is 11.0 Å². The lowest BCUT2D eigenvalue weighted by atomic mass is 9.88. The van der Waals surface area contributed by atoms with Crippen molar-refractivity contribution in [1.82, 2.24) is 14.5 Å². The maximum absolute atomic E-state index is 15.8. The van der Waals surface area contributed by atoms with Gasteiger partial charge in [-0.05, 0) is 75.0 Å². The summed E-state index contributed by atoms with van der Waals surface area (Å²) in [5, 5.41) is 9.10. The number of ether oxygens (including phenoxy) is 4. The molecule has 0 spiro atoms. The smallest absolute Gasteiger partial charge is 0.341 e. The minimum atomic E-state index is -0.903. The zero-order chi connectivity index (χ0) is 31.8. The monoisotopic (exact) mass is 628 g/mol. The summed E-state index contributed by atoms with van der Waals surface area (Å²) in [7, 11) is 0. The second kappa shape index (κ2) is 12.7. The molecule has 3 aliphatic rings. The van der Waals surface area contributed by atoms with Gasteiger partial charge in [0.05, 0.1) is 37.4 Å². The third kappa shape index (κ3) is 5.67. The lowest BCUT2D eigenvalue weighted by Gasteiger charge is -2.35. The van der Waals surface area contributed by atoms with Gasteiger partial charge in [0.1, 0.15) is 29.0 Å². The Morgan fingerprint density at radius 1 is 1.13 bits per heavy atom. The van der Waals surface area contributed by atoms with Gasteiger partial charge in [-0.2, -0.15) is 5.26 Å². The molecule has 4 aromatic rings. The first-order valence-electron chi connectivity index (χ1n) is 15.7. The summed E-state index contributed by atoms with van der Waals surface area (Å²) in [6, 6.07) is 16.4. The third-order valence-electron chi connectivity index (χ3n) is 9.12. The van der Waals surface area contributed by atoms with Gasteiger partial charge in [-0.25, -0.2) is 18.6 Å². The van der Waals surface area contributed by atoms with E-state index in [1.807, 2.05) is 24.3 Å². The van der Waals surface area contributed by atoms with Gasteiger partial charge in [0.25, 0.3) is 0 Å². The van der Waals surface area contributed by atoms with Crippen molar-refractivity contribution >= 4 is 17.0 Å². The molecule has 46 heavy (non-hydrogen) atoms. The van der Waals surface area contributed by atoms with Crippen LogP contribution < -0.4 is 9.47 Å². The maximum Gasteiger partial charge on any atom is 0.341 e. The molecule has 7 rings (SSSR count). The number of nitrogens with zero attached hydrogens (tertiary/aromatic N) is 4. The average molecular weight is 629 g/mol. The Labute approximate surface area is 265 Å². The molecule has 2 fully saturated rings. The Balaban J connectivity index is 1.08. The number of hydrogen-bond acceptors (Lipinski definition) is 8. The van der Waals surface area contributed by atoms with Gasteiger partial charge in [0, 0.05) is 12.2 Å². The Morgan fingerprint density at radius 2 is 1.91 bits per heavy atom. The van der Waals surface area contributed by atoms with E-state index >= 15 is 8.78 Å². The van der Waals surface area contributed by atoms with E-state index < -0.39 is 23.2 Å². The molecule has 0 amide bonds. The first-order chi connectivity index (χ1) is 22.4. The van der Waals surface area contributed by atoms with Crippen LogP contribution in [0.1, 0.15) is 71.1 Å². The predicted octanol–water partition coefficient (Wildman–Crippen LogP) is 6.04. The quantitative estimate of drug-likeness (QED) is 0.218. The molecule has 11 heteroatoms. The summed E-state index contributed by atoms with van der Waals surface area (Å²) >= 11 is 0. The van der Waals surface area contributed by atoms with Crippen molar-refractivity contribution < 1.29 is 32.5 Å². The van der Waals surface area contributed by atoms with Crippen LogP contribution in [0.2, 0.25) is 0 Å². The minimum absolute atomic E-state index is 0.0317. The molecule has 0 saturated carbocycles. The summed E-state index contributed by atoms with van der Waals surface area (Å²) in [6.07, 6.45) is 2.15. The standard InChI is InChI=1S/C35H34F2N4O5/c1-2-43-35(42)26-16-27(36)32-33(31(26)37)41(18-24-12-15-44-24)30(39-32)19-40-13-10-22(11-14-40)25-4-3-5-28-34(25)45-20-29(46-28)23-8-6-21(17-38)7-9-23/h3-9,16,22,24,29H,2,10-15,18-20H2,1H3/t24-,29-/m0/s1. The fourth-order valence-electron chi connectivity index (χ4n) is 6.57. The number of para-hydroxylation sites is 1. The molecule has 9 nitrogen and oxygen atoms in total. The highest BCUT2D eigenvalue weighted by molar-refractivity contribution is 5.94. The molecule has 2 atom stereocenters. The zero-order valence-electron chi connectivity index (χ0n) is 25.5. The molecule has 1 aromatic heterocycles. The minimum Gasteiger partial charge on any atom is -0.485 e. The molecule has 2 saturated heterocycles. The summed E-state index contributed by atoms with van der Waals surface area (Å²) in [5.41, 5.74) is 2.10. The highest BCUT2D eigenvalue weighted by Gasteiger charge is 2.32. The van der Waals surface area contributed by atoms with Gasteiger partial charge >= 0.3 is 5.97 Å². The van der Waals surface area contributed by atoms with E-state index in [1.165, 1.54) is 0 Å². The number of carbonyl (C=O) groups excluding carboxylic acids is 1. The van der Waals surface area contributed by atoms with Crippen molar-refractivity contribution in [3.8, 4) is 17.6 Å². The molecular weight excluding hydrogens is 594 g/mol. The summed E-state index contributed by atoms with van der Waals surface area (Å²) in [6.45, 7) is 4.91. The molecule has 0 bridgehead atoms. The first kappa shape index (κ1) is 30.1. The summed E-state index contributed by atoms with van der Waals surface area (Å²) in [4.78, 5) is 19.2. The van der Waals surface area contributed by atoms with E-state index in [9.17, 15) is 4.79 Å². The number of likely N-dealkylation sites (tertiary alicyclic amines) is 1. The lowest BCUT2D eigenvalue weighted by Crippen LogP contribution is -2.35. The van der Waals surface area contributed by atoms with Gasteiger partial charge in [-0.15, -0.1) is 0 Å². The van der Waals surface area contributed by atoms with E-state index in [0.29, 0.717) is 43.4 Å². The zero-order valence-corrected chi connectivity index (χ0v) is 25.5. The molecule has 0 radical (unpaired) electrons. The number of benzene rings is 3. The first-order valence-corrected chi connectivity index (χ1v) is 15.7. The third-order valence-corrected chi connectivity index (χ3v) is 9.12. The SMILES string of the molecule is CCOC(=O)c1cc(F)c2nc(CN3CCC(c4cccc5c4OC[C@@H](c4ccc(C#N)cc4)O5)CC3)n(C[C@@H]3CCO3)c2c1F. The Kier molecular flexibility index (Phi) is 8.32. The van der Waals surface area contributed by atoms with Crippen LogP contribution in [-0.2, 0) is 22.6 Å². The normalized spacial score (nSPS) is 19.9. The maximum atomic E-state index is 15.8. The van der Waals surface area contributed by atoms with Crippen molar-refractivity contribution in [2.75, 3.05) is 32.9 Å². The van der Waals surface area contributed by atoms with Gasteiger partial charge in [0.2, 0.25) is 0 Å². The molecule has 3 aliphatic heterocycles. The van der Waals surface area contributed by atoms with Crippen LogP contribution in [0.3, 0.4) is 0 Å². The van der Waals surface area contributed by atoms with E-state index in [-0.39, 0.29) is 35.8 Å². The molecule has 4 heterocycles. The van der Waals surface area contributed by atoms with Crippen LogP contribution in [-0.4, -0.2) is 59.4 Å². The Bertz CT molecular complexity index is 1810. The number of nitriles is 1. The number of halogens is 2. The second-order valence-corrected chi connectivity index (χ2v) is 11.9. The largest absolute Gasteiger partial charge is 0.485 e. The predicted molar refractivity (Wildman–Crippen MR) is 164 cm³/mol. The van der Waals surface area contributed by atoms with Crippen LogP contribution in [0, 0.1) is 23.0 Å². The molecular formula is C35H34F2N4O5. The van der Waals surface area contributed by atoms with Gasteiger partial charge in [-0.1, -0.05) is 24.3 Å². The average Bonchev–Trinajstić information content (AvgIpc) is 3.42. The van der Waals surface area contributed by atoms with Crippen molar-refractivity contribution in [2.24, 2.45) is 0 Å². The number of esters is 1. The van der Waals surface area contributed by atoms with Crippen molar-refractivity contribution in [3.63, 3.8) is 0 Å². The number of carbonyl (C=O) groups is 1. The van der Waals surface area contributed by atoms with Crippen LogP contribution in [0.5, 0.6) is 11.5 Å². The van der Waals surface area contributed by atoms with Gasteiger partial charge in [-0.3, -0.25) is 4.90 Å². The highest BCUT2D eigenvalue weighted by atomic mass is 19.1. The molecule has 0 aliphatic carbocycles. The van der Waals surface area contributed by atoms with E-state index in [1.54, 1.807) is 23.6 Å². The van der Waals surface area contributed by atoms with Gasteiger partial charge < -0.3 is 23.5 Å². The number of imidazole rings is 1. The Morgan fingerprint density at radius 3 is 2.61 bits per heavy atom. The molecule has 3 aromatic carbocycles. The van der Waals surface area contributed by atoms with Gasteiger partial charge in [0.15, 0.2) is 29.2 Å². The van der Waals surface area contributed by atoms with Crippen molar-refractivity contribution in [3.05, 3.63) is 88.2 Å². The second-order valence-electron chi connectivity index (χ2n) is 11.9. The number of fused-ring (bicyclic) bond motifs is 2. The molecule has 0 N–H and O–H groups in total. The van der Waals surface area contributed by atoms with Crippen molar-refractivity contribution in [1.29, 1.82) is 5.26 Å². The van der Waals surface area contributed by atoms with Crippen LogP contribution in [0.15, 0.2) is 48.5 Å². The van der Waals surface area contributed by atoms with E-state index in [2.05, 4.69) is 22.0 Å². The van der Waals surface area contributed by atoms with E-state index in [0.717, 1.165) is 55.3 Å². The number of piperidine rings is 1. The fraction of sp³-hybridized carbons (Fsp3) is 0.400. The highest BCUT2D eigenvalue weighted by Crippen LogP contribution is 2.44. The number of aromatic nitrogens is 2. The summed E-state index contributed by atoms with van der Waals surface area (Å²) in [5.74, 6) is -0.222. The fourth-order valence-corrected chi connectivity index (χ4v) is 6.57. The van der Waals surface area contributed by atoms with Crippen LogP contribution in [0.4, 0.5) is 8.78 Å². The number of rotatable bonds is 8. The van der Waals surface area contributed by atoms with Crippen molar-refractivity contribution in [2.45, 2.75) is 57.4 Å².